The van der Waals surface area contributed by atoms with Gasteiger partial charge in [-0.05, 0) is 47.6 Å². The summed E-state index contributed by atoms with van der Waals surface area (Å²) in [5, 5.41) is 0. The van der Waals surface area contributed by atoms with Crippen molar-refractivity contribution >= 4 is 11.8 Å². The standard InChI is InChI=1S/C16H15F3OS/c1-2-11-21-15-9-5-13(6-10-15)12-3-7-14(8-4-12)20-16(17,18)19/h3-10H,2,11H2,1H3. The Labute approximate surface area is 126 Å². The fourth-order valence-electron chi connectivity index (χ4n) is 1.81. The Morgan fingerprint density at radius 2 is 1.43 bits per heavy atom. The zero-order valence-corrected chi connectivity index (χ0v) is 12.3. The summed E-state index contributed by atoms with van der Waals surface area (Å²) in [6, 6.07) is 13.9. The molecule has 0 aliphatic carbocycles. The highest BCUT2D eigenvalue weighted by Gasteiger charge is 2.30. The Hall–Kier alpha value is -1.62. The lowest BCUT2D eigenvalue weighted by Crippen LogP contribution is -2.16. The minimum atomic E-state index is -4.65. The first kappa shape index (κ1) is 15.8. The van der Waals surface area contributed by atoms with Gasteiger partial charge in [-0.3, -0.25) is 0 Å². The van der Waals surface area contributed by atoms with Gasteiger partial charge in [0, 0.05) is 4.90 Å². The summed E-state index contributed by atoms with van der Waals surface area (Å²) in [4.78, 5) is 1.19. The van der Waals surface area contributed by atoms with Gasteiger partial charge in [0.2, 0.25) is 0 Å². The van der Waals surface area contributed by atoms with Crippen molar-refractivity contribution in [3.8, 4) is 16.9 Å². The van der Waals surface area contributed by atoms with E-state index in [1.807, 2.05) is 24.3 Å². The molecule has 0 bridgehead atoms. The predicted octanol–water partition coefficient (Wildman–Crippen LogP) is 5.75. The van der Waals surface area contributed by atoms with Gasteiger partial charge >= 0.3 is 6.36 Å². The lowest BCUT2D eigenvalue weighted by molar-refractivity contribution is -0.274. The summed E-state index contributed by atoms with van der Waals surface area (Å²) in [5.41, 5.74) is 1.82. The van der Waals surface area contributed by atoms with Gasteiger partial charge in [-0.15, -0.1) is 24.9 Å². The van der Waals surface area contributed by atoms with Crippen molar-refractivity contribution in [3.05, 3.63) is 48.5 Å². The van der Waals surface area contributed by atoms with Crippen LogP contribution in [0.4, 0.5) is 13.2 Å². The summed E-state index contributed by atoms with van der Waals surface area (Å²) in [6.45, 7) is 2.13. The largest absolute Gasteiger partial charge is 0.573 e. The normalized spacial score (nSPS) is 11.4. The molecule has 2 aromatic rings. The van der Waals surface area contributed by atoms with Gasteiger partial charge < -0.3 is 4.74 Å². The van der Waals surface area contributed by atoms with Gasteiger partial charge in [0.05, 0.1) is 0 Å². The molecule has 0 N–H and O–H groups in total. The quantitative estimate of drug-likeness (QED) is 0.650. The average Bonchev–Trinajstić information content (AvgIpc) is 2.45. The summed E-state index contributed by atoms with van der Waals surface area (Å²) in [5.74, 6) is 0.865. The van der Waals surface area contributed by atoms with Crippen molar-refractivity contribution in [2.75, 3.05) is 5.75 Å². The average molecular weight is 312 g/mol. The molecule has 0 spiro atoms. The SMILES string of the molecule is CCCSc1ccc(-c2ccc(OC(F)(F)F)cc2)cc1. The van der Waals surface area contributed by atoms with E-state index in [-0.39, 0.29) is 5.75 Å². The van der Waals surface area contributed by atoms with Crippen molar-refractivity contribution in [3.63, 3.8) is 0 Å². The second-order valence-electron chi connectivity index (χ2n) is 4.45. The van der Waals surface area contributed by atoms with Crippen LogP contribution in [0.2, 0.25) is 0 Å². The summed E-state index contributed by atoms with van der Waals surface area (Å²) < 4.78 is 40.1. The van der Waals surface area contributed by atoms with Crippen molar-refractivity contribution in [2.45, 2.75) is 24.6 Å². The number of halogens is 3. The Kier molecular flexibility index (Phi) is 5.17. The fraction of sp³-hybridized carbons (Fsp3) is 0.250. The number of ether oxygens (including phenoxy) is 1. The highest BCUT2D eigenvalue weighted by atomic mass is 32.2. The second kappa shape index (κ2) is 6.89. The van der Waals surface area contributed by atoms with Crippen molar-refractivity contribution < 1.29 is 17.9 Å². The fourth-order valence-corrected chi connectivity index (χ4v) is 2.58. The van der Waals surface area contributed by atoms with Crippen LogP contribution < -0.4 is 4.74 Å². The van der Waals surface area contributed by atoms with Gasteiger partial charge in [0.1, 0.15) is 5.75 Å². The van der Waals surface area contributed by atoms with Crippen molar-refractivity contribution in [2.24, 2.45) is 0 Å². The molecular weight excluding hydrogens is 297 g/mol. The molecule has 5 heteroatoms. The van der Waals surface area contributed by atoms with Crippen LogP contribution in [0.5, 0.6) is 5.75 Å². The molecule has 0 atom stereocenters. The Morgan fingerprint density at radius 3 is 1.90 bits per heavy atom. The van der Waals surface area contributed by atoms with Gasteiger partial charge in [-0.25, -0.2) is 0 Å². The maximum atomic E-state index is 12.1. The van der Waals surface area contributed by atoms with Crippen LogP contribution in [-0.2, 0) is 0 Å². The summed E-state index contributed by atoms with van der Waals surface area (Å²) in [6.07, 6.45) is -3.53. The minimum absolute atomic E-state index is 0.207. The third-order valence-corrected chi connectivity index (χ3v) is 3.97. The first-order chi connectivity index (χ1) is 9.98. The van der Waals surface area contributed by atoms with E-state index < -0.39 is 6.36 Å². The molecular formula is C16H15F3OS. The van der Waals surface area contributed by atoms with E-state index in [1.54, 1.807) is 23.9 Å². The van der Waals surface area contributed by atoms with Crippen LogP contribution >= 0.6 is 11.8 Å². The number of rotatable bonds is 5. The van der Waals surface area contributed by atoms with Crippen LogP contribution in [-0.4, -0.2) is 12.1 Å². The van der Waals surface area contributed by atoms with E-state index >= 15 is 0 Å². The van der Waals surface area contributed by atoms with Crippen molar-refractivity contribution in [1.82, 2.24) is 0 Å². The molecule has 0 aliphatic heterocycles. The molecule has 0 fully saturated rings. The zero-order chi connectivity index (χ0) is 15.3. The highest BCUT2D eigenvalue weighted by molar-refractivity contribution is 7.99. The van der Waals surface area contributed by atoms with Gasteiger partial charge in [-0.2, -0.15) is 0 Å². The van der Waals surface area contributed by atoms with E-state index in [0.29, 0.717) is 0 Å². The molecule has 0 amide bonds. The minimum Gasteiger partial charge on any atom is -0.406 e. The lowest BCUT2D eigenvalue weighted by Gasteiger charge is -2.09. The summed E-state index contributed by atoms with van der Waals surface area (Å²) in [7, 11) is 0. The molecule has 0 heterocycles. The molecule has 0 unspecified atom stereocenters. The third kappa shape index (κ3) is 5.01. The first-order valence-corrected chi connectivity index (χ1v) is 7.55. The van der Waals surface area contributed by atoms with Crippen molar-refractivity contribution in [1.29, 1.82) is 0 Å². The highest BCUT2D eigenvalue weighted by Crippen LogP contribution is 2.28. The van der Waals surface area contributed by atoms with Crippen LogP contribution in [0, 0.1) is 0 Å². The van der Waals surface area contributed by atoms with E-state index in [9.17, 15) is 13.2 Å². The molecule has 0 aromatic heterocycles. The van der Waals surface area contributed by atoms with Crippen LogP contribution in [0.15, 0.2) is 53.4 Å². The van der Waals surface area contributed by atoms with E-state index in [2.05, 4.69) is 11.7 Å². The topological polar surface area (TPSA) is 9.23 Å². The maximum absolute atomic E-state index is 12.1. The molecule has 0 aliphatic rings. The molecule has 21 heavy (non-hydrogen) atoms. The maximum Gasteiger partial charge on any atom is 0.573 e. The smallest absolute Gasteiger partial charge is 0.406 e. The van der Waals surface area contributed by atoms with Gasteiger partial charge in [0.25, 0.3) is 0 Å². The molecule has 2 rings (SSSR count). The monoisotopic (exact) mass is 312 g/mol. The Balaban J connectivity index is 2.08. The van der Waals surface area contributed by atoms with E-state index in [1.165, 1.54) is 17.0 Å². The molecule has 112 valence electrons. The molecule has 0 saturated heterocycles. The number of hydrogen-bond donors (Lipinski definition) is 0. The predicted molar refractivity (Wildman–Crippen MR) is 79.6 cm³/mol. The molecule has 1 nitrogen and oxygen atoms in total. The van der Waals surface area contributed by atoms with Crippen LogP contribution in [0.1, 0.15) is 13.3 Å². The lowest BCUT2D eigenvalue weighted by atomic mass is 10.1. The van der Waals surface area contributed by atoms with Crippen LogP contribution in [0.25, 0.3) is 11.1 Å². The zero-order valence-electron chi connectivity index (χ0n) is 11.5. The van der Waals surface area contributed by atoms with Gasteiger partial charge in [0.15, 0.2) is 0 Å². The van der Waals surface area contributed by atoms with Crippen LogP contribution in [0.3, 0.4) is 0 Å². The van der Waals surface area contributed by atoms with E-state index in [4.69, 9.17) is 0 Å². The first-order valence-electron chi connectivity index (χ1n) is 6.57. The molecule has 2 aromatic carbocycles. The number of hydrogen-bond acceptors (Lipinski definition) is 2. The van der Waals surface area contributed by atoms with Gasteiger partial charge in [-0.1, -0.05) is 31.2 Å². The number of alkyl halides is 3. The summed E-state index contributed by atoms with van der Waals surface area (Å²) >= 11 is 1.79. The van der Waals surface area contributed by atoms with E-state index in [0.717, 1.165) is 23.3 Å². The number of benzene rings is 2. The second-order valence-corrected chi connectivity index (χ2v) is 5.61. The Morgan fingerprint density at radius 1 is 0.905 bits per heavy atom. The molecule has 0 radical (unpaired) electrons. The Bertz CT molecular complexity index is 562. The third-order valence-electron chi connectivity index (χ3n) is 2.75. The molecule has 0 saturated carbocycles. The number of thioether (sulfide) groups is 1.